The van der Waals surface area contributed by atoms with E-state index in [1.807, 2.05) is 12.3 Å². The Labute approximate surface area is 341 Å². The summed E-state index contributed by atoms with van der Waals surface area (Å²) in [6.07, 6.45) is 13.0. The highest BCUT2D eigenvalue weighted by molar-refractivity contribution is 7.99. The zero-order chi connectivity index (χ0) is 38.6. The van der Waals surface area contributed by atoms with E-state index in [9.17, 15) is 0 Å². The molecule has 0 saturated carbocycles. The summed E-state index contributed by atoms with van der Waals surface area (Å²) >= 11 is 1.80. The number of aliphatic imine (C=N–C) groups is 1. The molecule has 6 aromatic carbocycles. The minimum absolute atomic E-state index is 0.0162. The van der Waals surface area contributed by atoms with Crippen LogP contribution in [0.3, 0.4) is 0 Å². The fourth-order valence-electron chi connectivity index (χ4n) is 8.80. The molecule has 0 amide bonds. The number of para-hydroxylation sites is 1. The topological polar surface area (TPSA) is 51.0 Å². The summed E-state index contributed by atoms with van der Waals surface area (Å²) < 4.78 is 0. The molecule has 1 aliphatic carbocycles. The van der Waals surface area contributed by atoms with E-state index >= 15 is 0 Å². The van der Waals surface area contributed by atoms with Gasteiger partial charge in [-0.05, 0) is 53.3 Å². The molecule has 5 heteroatoms. The highest BCUT2D eigenvalue weighted by Gasteiger charge is 2.31. The highest BCUT2D eigenvalue weighted by atomic mass is 32.2. The van der Waals surface area contributed by atoms with Gasteiger partial charge in [0.1, 0.15) is 0 Å². The molecule has 0 saturated heterocycles. The molecule has 0 spiro atoms. The molecule has 274 valence electrons. The lowest BCUT2D eigenvalue weighted by molar-refractivity contribution is 0.641. The Kier molecular flexibility index (Phi) is 8.41. The first-order chi connectivity index (χ1) is 28.7. The van der Waals surface area contributed by atoms with Crippen LogP contribution in [0.5, 0.6) is 0 Å². The van der Waals surface area contributed by atoms with Crippen LogP contribution in [0.2, 0.25) is 0 Å². The summed E-state index contributed by atoms with van der Waals surface area (Å²) in [6.45, 7) is 0. The van der Waals surface area contributed by atoms with Gasteiger partial charge < -0.3 is 0 Å². The Balaban J connectivity index is 1.01. The Morgan fingerprint density at radius 1 is 0.534 bits per heavy atom. The molecular weight excluding hydrogens is 725 g/mol. The van der Waals surface area contributed by atoms with E-state index in [1.165, 1.54) is 26.8 Å². The van der Waals surface area contributed by atoms with Crippen molar-refractivity contribution in [3.63, 3.8) is 0 Å². The van der Waals surface area contributed by atoms with E-state index in [0.717, 1.165) is 77.8 Å². The van der Waals surface area contributed by atoms with Gasteiger partial charge in [-0.3, -0.25) is 4.99 Å². The number of fused-ring (bicyclic) bond motifs is 7. The van der Waals surface area contributed by atoms with Gasteiger partial charge in [0.2, 0.25) is 0 Å². The molecule has 58 heavy (non-hydrogen) atoms. The Bertz CT molecular complexity index is 3220. The zero-order valence-corrected chi connectivity index (χ0v) is 32.6. The molecule has 0 fully saturated rings. The quantitative estimate of drug-likeness (QED) is 0.125. The number of dihydropyridines is 1. The van der Waals surface area contributed by atoms with E-state index in [0.29, 0.717) is 0 Å². The van der Waals surface area contributed by atoms with Gasteiger partial charge in [-0.2, -0.15) is 0 Å². The molecular formula is C53H36N4S. The van der Waals surface area contributed by atoms with Crippen LogP contribution in [-0.4, -0.2) is 27.4 Å². The van der Waals surface area contributed by atoms with Crippen LogP contribution in [0.15, 0.2) is 198 Å². The van der Waals surface area contributed by atoms with Crippen LogP contribution in [-0.2, 0) is 0 Å². The second-order valence-electron chi connectivity index (χ2n) is 14.9. The average Bonchev–Trinajstić information content (AvgIpc) is 3.30. The molecule has 4 nitrogen and oxygen atoms in total. The van der Waals surface area contributed by atoms with Crippen molar-refractivity contribution >= 4 is 67.0 Å². The molecule has 11 rings (SSSR count). The van der Waals surface area contributed by atoms with Crippen LogP contribution in [0.4, 0.5) is 0 Å². The highest BCUT2D eigenvalue weighted by Crippen LogP contribution is 2.45. The van der Waals surface area contributed by atoms with Crippen LogP contribution in [0, 0.1) is 5.92 Å². The van der Waals surface area contributed by atoms with Crippen molar-refractivity contribution in [3.05, 3.63) is 199 Å². The van der Waals surface area contributed by atoms with E-state index in [4.69, 9.17) is 19.9 Å². The Hall–Kier alpha value is -6.95. The summed E-state index contributed by atoms with van der Waals surface area (Å²) in [4.78, 5) is 22.2. The number of thioether (sulfide) groups is 1. The number of allylic oxidation sites excluding steroid dienone is 5. The minimum atomic E-state index is 0.0162. The molecule has 2 atom stereocenters. The maximum absolute atomic E-state index is 5.37. The molecule has 4 heterocycles. The fourth-order valence-corrected chi connectivity index (χ4v) is 9.63. The van der Waals surface area contributed by atoms with Gasteiger partial charge in [-0.25, -0.2) is 15.0 Å². The first-order valence-electron chi connectivity index (χ1n) is 19.7. The van der Waals surface area contributed by atoms with Gasteiger partial charge in [0, 0.05) is 72.3 Å². The largest absolute Gasteiger partial charge is 0.260 e. The number of hydrogen-bond donors (Lipinski definition) is 0. The zero-order valence-electron chi connectivity index (χ0n) is 31.7. The van der Waals surface area contributed by atoms with Crippen molar-refractivity contribution < 1.29 is 0 Å². The molecule has 1 aliphatic heterocycles. The van der Waals surface area contributed by atoms with Crippen LogP contribution in [0.1, 0.15) is 17.2 Å². The van der Waals surface area contributed by atoms with Crippen LogP contribution >= 0.6 is 11.8 Å². The van der Waals surface area contributed by atoms with Gasteiger partial charge in [-0.1, -0.05) is 152 Å². The lowest BCUT2D eigenvalue weighted by Gasteiger charge is -2.29. The number of pyridine rings is 3. The number of hydrogen-bond acceptors (Lipinski definition) is 5. The second kappa shape index (κ2) is 14.2. The fraction of sp³-hybridized carbons (Fsp3) is 0.0566. The first-order valence-corrected chi connectivity index (χ1v) is 20.9. The third-order valence-electron chi connectivity index (χ3n) is 11.6. The number of rotatable bonds is 6. The van der Waals surface area contributed by atoms with Crippen LogP contribution < -0.4 is 0 Å². The van der Waals surface area contributed by atoms with Crippen molar-refractivity contribution in [1.29, 1.82) is 0 Å². The molecule has 0 radical (unpaired) electrons. The van der Waals surface area contributed by atoms with E-state index in [-0.39, 0.29) is 11.8 Å². The lowest BCUT2D eigenvalue weighted by atomic mass is 9.78. The summed E-state index contributed by atoms with van der Waals surface area (Å²) in [5.74, 6) is 0.0454. The molecule has 2 unspecified atom stereocenters. The Morgan fingerprint density at radius 3 is 2.07 bits per heavy atom. The number of aromatic nitrogens is 3. The van der Waals surface area contributed by atoms with Crippen molar-refractivity contribution in [3.8, 4) is 33.6 Å². The maximum Gasteiger partial charge on any atom is 0.0972 e. The van der Waals surface area contributed by atoms with Crippen LogP contribution in [0.25, 0.3) is 82.7 Å². The van der Waals surface area contributed by atoms with E-state index in [2.05, 4.69) is 182 Å². The van der Waals surface area contributed by atoms with Gasteiger partial charge >= 0.3 is 0 Å². The maximum atomic E-state index is 5.37. The van der Waals surface area contributed by atoms with E-state index in [1.54, 1.807) is 11.8 Å². The number of nitrogens with zero attached hydrogens (tertiary/aromatic N) is 4. The first kappa shape index (κ1) is 34.3. The van der Waals surface area contributed by atoms with Crippen molar-refractivity contribution in [2.75, 3.05) is 6.26 Å². The summed E-state index contributed by atoms with van der Waals surface area (Å²) in [7, 11) is 0. The summed E-state index contributed by atoms with van der Waals surface area (Å²) in [6, 6.07) is 55.8. The Morgan fingerprint density at radius 2 is 1.24 bits per heavy atom. The van der Waals surface area contributed by atoms with Crippen molar-refractivity contribution in [2.24, 2.45) is 10.9 Å². The van der Waals surface area contributed by atoms with Crippen molar-refractivity contribution in [2.45, 2.75) is 10.8 Å². The number of benzene rings is 6. The normalized spacial score (nSPS) is 16.2. The summed E-state index contributed by atoms with van der Waals surface area (Å²) in [5.41, 5.74) is 13.7. The molecule has 0 bridgehead atoms. The summed E-state index contributed by atoms with van der Waals surface area (Å²) in [5, 5.41) is 5.71. The predicted octanol–water partition coefficient (Wildman–Crippen LogP) is 13.5. The third-order valence-corrected chi connectivity index (χ3v) is 12.4. The average molecular weight is 761 g/mol. The van der Waals surface area contributed by atoms with Gasteiger partial charge in [0.15, 0.2) is 0 Å². The smallest absolute Gasteiger partial charge is 0.0972 e. The molecule has 9 aromatic rings. The molecule has 0 N–H and O–H groups in total. The molecule has 2 aliphatic rings. The third kappa shape index (κ3) is 5.77. The minimum Gasteiger partial charge on any atom is -0.260 e. The van der Waals surface area contributed by atoms with Gasteiger partial charge in [-0.15, -0.1) is 11.8 Å². The monoisotopic (exact) mass is 760 g/mol. The molecule has 3 aromatic heterocycles. The van der Waals surface area contributed by atoms with Gasteiger partial charge in [0.05, 0.1) is 33.6 Å². The lowest BCUT2D eigenvalue weighted by Crippen LogP contribution is -2.18. The van der Waals surface area contributed by atoms with Gasteiger partial charge in [0.25, 0.3) is 0 Å². The SMILES string of the molecule is CSc1c(-c2ccccc2)ccc2c(-c3cccc(C4=C5N=CC=CC5C(c5ccc6ccc7ccc(-c8ccccc8)nc7c6n5)C=C4)c3)nc3ccccc3c12. The second-order valence-corrected chi connectivity index (χ2v) is 15.7. The standard InChI is InChI=1S/C53H36N4S/c1-58-53-40(33-12-4-2-5-13-33)26-28-44-48(53)43-18-8-9-20-46(43)56-49(44)38-17-10-16-37(32-38)39-25-27-41(42-19-11-31-54-52(39)42)47-30-24-36-22-21-35-23-29-45(34-14-6-3-7-15-34)55-50(35)51(36)57-47/h2-32,41-42H,1H3. The van der Waals surface area contributed by atoms with E-state index < -0.39 is 0 Å². The van der Waals surface area contributed by atoms with Crippen molar-refractivity contribution in [1.82, 2.24) is 15.0 Å². The predicted molar refractivity (Wildman–Crippen MR) is 244 cm³/mol.